The van der Waals surface area contributed by atoms with Crippen molar-refractivity contribution in [3.8, 4) is 17.2 Å². The zero-order chi connectivity index (χ0) is 22.3. The number of aromatic nitrogens is 3. The van der Waals surface area contributed by atoms with Gasteiger partial charge in [0.15, 0.2) is 0 Å². The normalized spacial score (nSPS) is 12.1. The molecule has 2 aromatic carbocycles. The molecule has 3 rings (SSSR count). The highest BCUT2D eigenvalue weighted by Gasteiger charge is 2.27. The van der Waals surface area contributed by atoms with Gasteiger partial charge in [-0.3, -0.25) is 0 Å². The van der Waals surface area contributed by atoms with Crippen LogP contribution in [0.1, 0.15) is 32.0 Å². The maximum Gasteiger partial charge on any atom is 0.227 e. The third kappa shape index (κ3) is 3.89. The Hall–Kier alpha value is -2.58. The van der Waals surface area contributed by atoms with Crippen LogP contribution < -0.4 is 9.47 Å². The standard InChI is InChI=1S/C21H24ClN3O4S/c1-13-20(30(26,27)15-9-7-14(8-10-15)21(2,3)4)23-24-25(13)17-12-18(28-5)16(22)11-19(17)29-6/h7-12H,1-6H3. The molecule has 0 spiro atoms. The van der Waals surface area contributed by atoms with Gasteiger partial charge < -0.3 is 9.47 Å². The Morgan fingerprint density at radius 3 is 2.13 bits per heavy atom. The van der Waals surface area contributed by atoms with Crippen molar-refractivity contribution in [2.75, 3.05) is 14.2 Å². The number of hydrogen-bond acceptors (Lipinski definition) is 6. The van der Waals surface area contributed by atoms with Crippen molar-refractivity contribution < 1.29 is 17.9 Å². The second-order valence-electron chi connectivity index (χ2n) is 7.83. The largest absolute Gasteiger partial charge is 0.495 e. The molecule has 1 heterocycles. The van der Waals surface area contributed by atoms with E-state index in [1.54, 1.807) is 31.2 Å². The summed E-state index contributed by atoms with van der Waals surface area (Å²) in [6.07, 6.45) is 0. The van der Waals surface area contributed by atoms with Crippen LogP contribution in [0, 0.1) is 6.92 Å². The summed E-state index contributed by atoms with van der Waals surface area (Å²) in [4.78, 5) is 0.159. The first kappa shape index (κ1) is 22.1. The number of nitrogens with zero attached hydrogens (tertiary/aromatic N) is 3. The fourth-order valence-electron chi connectivity index (χ4n) is 3.05. The van der Waals surface area contributed by atoms with E-state index in [0.717, 1.165) is 5.56 Å². The summed E-state index contributed by atoms with van der Waals surface area (Å²) in [5.41, 5.74) is 1.77. The van der Waals surface area contributed by atoms with Crippen molar-refractivity contribution in [2.24, 2.45) is 0 Å². The number of hydrogen-bond donors (Lipinski definition) is 0. The molecular weight excluding hydrogens is 426 g/mol. The molecule has 0 aliphatic rings. The molecular formula is C21H24ClN3O4S. The molecule has 3 aromatic rings. The lowest BCUT2D eigenvalue weighted by Gasteiger charge is -2.19. The van der Waals surface area contributed by atoms with E-state index >= 15 is 0 Å². The van der Waals surface area contributed by atoms with E-state index in [2.05, 4.69) is 31.1 Å². The fourth-order valence-corrected chi connectivity index (χ4v) is 4.62. The van der Waals surface area contributed by atoms with E-state index in [1.807, 2.05) is 12.1 Å². The average Bonchev–Trinajstić information content (AvgIpc) is 3.09. The van der Waals surface area contributed by atoms with Crippen LogP contribution in [0.15, 0.2) is 46.3 Å². The first-order valence-corrected chi connectivity index (χ1v) is 11.1. The number of halogens is 1. The number of benzene rings is 2. The van der Waals surface area contributed by atoms with Crippen LogP contribution in [-0.2, 0) is 15.3 Å². The number of rotatable bonds is 5. The molecule has 0 bridgehead atoms. The third-order valence-corrected chi connectivity index (χ3v) is 6.89. The second-order valence-corrected chi connectivity index (χ2v) is 10.1. The minimum atomic E-state index is -3.86. The molecule has 0 aliphatic carbocycles. The van der Waals surface area contributed by atoms with Crippen molar-refractivity contribution in [3.05, 3.63) is 52.7 Å². The molecule has 1 aromatic heterocycles. The zero-order valence-electron chi connectivity index (χ0n) is 17.7. The van der Waals surface area contributed by atoms with E-state index in [4.69, 9.17) is 21.1 Å². The maximum atomic E-state index is 13.2. The van der Waals surface area contributed by atoms with Gasteiger partial charge in [-0.15, -0.1) is 5.10 Å². The highest BCUT2D eigenvalue weighted by atomic mass is 35.5. The summed E-state index contributed by atoms with van der Waals surface area (Å²) in [6.45, 7) is 7.84. The lowest BCUT2D eigenvalue weighted by molar-refractivity contribution is 0.400. The van der Waals surface area contributed by atoms with Gasteiger partial charge in [-0.1, -0.05) is 49.7 Å². The van der Waals surface area contributed by atoms with Gasteiger partial charge in [0.1, 0.15) is 17.2 Å². The predicted octanol–water partition coefficient (Wildman–Crippen LogP) is 4.38. The number of sulfone groups is 1. The molecule has 0 radical (unpaired) electrons. The molecule has 0 fully saturated rings. The van der Waals surface area contributed by atoms with Crippen LogP contribution >= 0.6 is 11.6 Å². The highest BCUT2D eigenvalue weighted by molar-refractivity contribution is 7.91. The van der Waals surface area contributed by atoms with E-state index in [9.17, 15) is 8.42 Å². The van der Waals surface area contributed by atoms with Crippen molar-refractivity contribution in [3.63, 3.8) is 0 Å². The van der Waals surface area contributed by atoms with Gasteiger partial charge in [-0.25, -0.2) is 13.1 Å². The van der Waals surface area contributed by atoms with Gasteiger partial charge in [0.05, 0.1) is 29.8 Å². The fraction of sp³-hybridized carbons (Fsp3) is 0.333. The molecule has 0 unspecified atom stereocenters. The predicted molar refractivity (Wildman–Crippen MR) is 115 cm³/mol. The van der Waals surface area contributed by atoms with Crippen molar-refractivity contribution in [2.45, 2.75) is 43.0 Å². The first-order chi connectivity index (χ1) is 14.0. The molecule has 160 valence electrons. The van der Waals surface area contributed by atoms with Gasteiger partial charge >= 0.3 is 0 Å². The Morgan fingerprint density at radius 2 is 1.60 bits per heavy atom. The Labute approximate surface area is 181 Å². The Kier molecular flexibility index (Phi) is 5.84. The van der Waals surface area contributed by atoms with Crippen LogP contribution in [0.25, 0.3) is 5.69 Å². The zero-order valence-corrected chi connectivity index (χ0v) is 19.3. The van der Waals surface area contributed by atoms with Crippen molar-refractivity contribution >= 4 is 21.4 Å². The highest BCUT2D eigenvalue weighted by Crippen LogP contribution is 2.36. The molecule has 0 aliphatic heterocycles. The summed E-state index contributed by atoms with van der Waals surface area (Å²) >= 11 is 6.16. The molecule has 0 atom stereocenters. The van der Waals surface area contributed by atoms with Gasteiger partial charge in [-0.05, 0) is 30.0 Å². The number of methoxy groups -OCH3 is 2. The maximum absolute atomic E-state index is 13.2. The van der Waals surface area contributed by atoms with E-state index in [0.29, 0.717) is 27.9 Å². The Bertz CT molecular complexity index is 1180. The van der Waals surface area contributed by atoms with Gasteiger partial charge in [0, 0.05) is 12.1 Å². The van der Waals surface area contributed by atoms with Crippen LogP contribution in [0.4, 0.5) is 0 Å². The first-order valence-electron chi connectivity index (χ1n) is 9.20. The smallest absolute Gasteiger partial charge is 0.227 e. The minimum Gasteiger partial charge on any atom is -0.495 e. The van der Waals surface area contributed by atoms with Crippen molar-refractivity contribution in [1.29, 1.82) is 0 Å². The van der Waals surface area contributed by atoms with Crippen molar-refractivity contribution in [1.82, 2.24) is 15.0 Å². The minimum absolute atomic E-state index is 0.0778. The van der Waals surface area contributed by atoms with E-state index in [1.165, 1.54) is 18.9 Å². The summed E-state index contributed by atoms with van der Waals surface area (Å²) in [7, 11) is -0.878. The van der Waals surface area contributed by atoms with Gasteiger partial charge in [0.2, 0.25) is 14.9 Å². The second kappa shape index (κ2) is 7.92. The summed E-state index contributed by atoms with van der Waals surface area (Å²) < 4.78 is 38.4. The molecule has 9 heteroatoms. The molecule has 0 N–H and O–H groups in total. The van der Waals surface area contributed by atoms with Crippen LogP contribution in [0.5, 0.6) is 11.5 Å². The lowest BCUT2D eigenvalue weighted by Crippen LogP contribution is -2.12. The quantitative estimate of drug-likeness (QED) is 0.574. The van der Waals surface area contributed by atoms with Gasteiger partial charge in [-0.2, -0.15) is 0 Å². The van der Waals surface area contributed by atoms with Gasteiger partial charge in [0.25, 0.3) is 0 Å². The third-order valence-electron chi connectivity index (χ3n) is 4.82. The van der Waals surface area contributed by atoms with E-state index < -0.39 is 9.84 Å². The number of ether oxygens (including phenoxy) is 2. The molecule has 0 amide bonds. The summed E-state index contributed by atoms with van der Waals surface area (Å²) in [6, 6.07) is 10.0. The Balaban J connectivity index is 2.09. The Morgan fingerprint density at radius 1 is 1.00 bits per heavy atom. The molecule has 30 heavy (non-hydrogen) atoms. The monoisotopic (exact) mass is 449 g/mol. The topological polar surface area (TPSA) is 83.3 Å². The lowest BCUT2D eigenvalue weighted by atomic mass is 9.87. The molecule has 7 nitrogen and oxygen atoms in total. The van der Waals surface area contributed by atoms with Crippen LogP contribution in [-0.4, -0.2) is 37.6 Å². The average molecular weight is 450 g/mol. The molecule has 0 saturated heterocycles. The molecule has 0 saturated carbocycles. The summed E-state index contributed by atoms with van der Waals surface area (Å²) in [5, 5.41) is 8.26. The van der Waals surface area contributed by atoms with Crippen LogP contribution in [0.3, 0.4) is 0 Å². The van der Waals surface area contributed by atoms with Crippen LogP contribution in [0.2, 0.25) is 5.02 Å². The summed E-state index contributed by atoms with van der Waals surface area (Å²) in [5.74, 6) is 0.817. The SMILES string of the molecule is COc1cc(-n2nnc(S(=O)(=O)c3ccc(C(C)(C)C)cc3)c2C)c(OC)cc1Cl. The van der Waals surface area contributed by atoms with E-state index in [-0.39, 0.29) is 15.3 Å².